The molecule has 0 unspecified atom stereocenters. The molecule has 0 aromatic heterocycles. The van der Waals surface area contributed by atoms with E-state index in [-0.39, 0.29) is 30.7 Å². The van der Waals surface area contributed by atoms with Gasteiger partial charge in [0.05, 0.1) is 18.3 Å². The molecule has 0 N–H and O–H groups in total. The van der Waals surface area contributed by atoms with Crippen molar-refractivity contribution < 1.29 is 22.3 Å². The Bertz CT molecular complexity index is 735. The first-order valence-corrected chi connectivity index (χ1v) is 9.32. The van der Waals surface area contributed by atoms with Gasteiger partial charge in [-0.1, -0.05) is 18.2 Å². The van der Waals surface area contributed by atoms with Gasteiger partial charge in [0.2, 0.25) is 10.0 Å². The van der Waals surface area contributed by atoms with E-state index in [9.17, 15) is 17.6 Å². The lowest BCUT2D eigenvalue weighted by Crippen LogP contribution is -2.40. The Morgan fingerprint density at radius 1 is 1.29 bits per heavy atom. The maximum atomic E-state index is 12.9. The molecular formula is C16H19FN2O4S. The van der Waals surface area contributed by atoms with Gasteiger partial charge in [0, 0.05) is 13.1 Å². The summed E-state index contributed by atoms with van der Waals surface area (Å²) < 4.78 is 43.8. The largest absolute Gasteiger partial charge is 0.442 e. The van der Waals surface area contributed by atoms with Crippen LogP contribution in [0.25, 0.3) is 0 Å². The van der Waals surface area contributed by atoms with Crippen molar-refractivity contribution >= 4 is 16.1 Å². The summed E-state index contributed by atoms with van der Waals surface area (Å²) in [6.45, 7) is 4.27. The Balaban J connectivity index is 1.65. The van der Waals surface area contributed by atoms with Gasteiger partial charge in [-0.05, 0) is 24.1 Å². The number of hydrogen-bond acceptors (Lipinski definition) is 4. The van der Waals surface area contributed by atoms with Crippen LogP contribution in [0.4, 0.5) is 9.18 Å². The molecule has 2 fully saturated rings. The molecule has 1 aromatic carbocycles. The number of fused-ring (bicyclic) bond motifs is 1. The Morgan fingerprint density at radius 2 is 2.00 bits per heavy atom. The van der Waals surface area contributed by atoms with Crippen molar-refractivity contribution in [3.8, 4) is 0 Å². The fourth-order valence-corrected chi connectivity index (χ4v) is 4.37. The predicted molar refractivity (Wildman–Crippen MR) is 86.4 cm³/mol. The van der Waals surface area contributed by atoms with Crippen molar-refractivity contribution in [3.05, 3.63) is 48.3 Å². The van der Waals surface area contributed by atoms with Gasteiger partial charge in [-0.3, -0.25) is 4.90 Å². The third kappa shape index (κ3) is 3.29. The lowest BCUT2D eigenvalue weighted by Gasteiger charge is -2.22. The van der Waals surface area contributed by atoms with Crippen LogP contribution in [0.3, 0.4) is 0 Å². The molecule has 0 aliphatic carbocycles. The minimum Gasteiger partial charge on any atom is -0.442 e. The number of sulfonamides is 1. The van der Waals surface area contributed by atoms with Gasteiger partial charge in [-0.2, -0.15) is 4.31 Å². The van der Waals surface area contributed by atoms with Crippen molar-refractivity contribution in [2.45, 2.75) is 18.6 Å². The molecule has 24 heavy (non-hydrogen) atoms. The number of carbonyl (C=O) groups excluding carboxylic acids is 1. The van der Waals surface area contributed by atoms with E-state index in [1.54, 1.807) is 17.0 Å². The SMILES string of the molecule is C=CCS(=O)(=O)N1C[C@H]2OC(=O)N(CCc3ccc(F)cc3)[C@H]2C1. The molecule has 2 atom stereocenters. The predicted octanol–water partition coefficient (Wildman–Crippen LogP) is 1.39. The normalized spacial score (nSPS) is 24.0. The fraction of sp³-hybridized carbons (Fsp3) is 0.438. The van der Waals surface area contributed by atoms with Crippen LogP contribution in [-0.4, -0.2) is 61.2 Å². The van der Waals surface area contributed by atoms with E-state index < -0.39 is 22.2 Å². The summed E-state index contributed by atoms with van der Waals surface area (Å²) in [5.41, 5.74) is 0.904. The molecule has 0 radical (unpaired) electrons. The number of ether oxygens (including phenoxy) is 1. The second-order valence-electron chi connectivity index (χ2n) is 5.94. The van der Waals surface area contributed by atoms with Crippen LogP contribution in [0.2, 0.25) is 0 Å². The Kier molecular flexibility index (Phi) is 4.60. The molecule has 0 saturated carbocycles. The van der Waals surface area contributed by atoms with Crippen LogP contribution < -0.4 is 0 Å². The first-order valence-electron chi connectivity index (χ1n) is 7.71. The van der Waals surface area contributed by atoms with Gasteiger partial charge in [0.25, 0.3) is 0 Å². The van der Waals surface area contributed by atoms with E-state index in [0.29, 0.717) is 13.0 Å². The molecule has 0 spiro atoms. The van der Waals surface area contributed by atoms with Crippen LogP contribution >= 0.6 is 0 Å². The van der Waals surface area contributed by atoms with Gasteiger partial charge in [-0.15, -0.1) is 6.58 Å². The number of benzene rings is 1. The molecule has 3 rings (SSSR count). The third-order valence-corrected chi connectivity index (χ3v) is 6.11. The monoisotopic (exact) mass is 354 g/mol. The first-order chi connectivity index (χ1) is 11.4. The minimum atomic E-state index is -3.41. The fourth-order valence-electron chi connectivity index (χ4n) is 3.11. The van der Waals surface area contributed by atoms with E-state index in [0.717, 1.165) is 5.56 Å². The van der Waals surface area contributed by atoms with E-state index in [2.05, 4.69) is 6.58 Å². The van der Waals surface area contributed by atoms with Crippen molar-refractivity contribution in [1.82, 2.24) is 9.21 Å². The summed E-state index contributed by atoms with van der Waals surface area (Å²) in [4.78, 5) is 13.6. The molecule has 6 nitrogen and oxygen atoms in total. The molecular weight excluding hydrogens is 335 g/mol. The Labute approximate surface area is 140 Å². The molecule has 1 aromatic rings. The van der Waals surface area contributed by atoms with Crippen molar-refractivity contribution in [2.75, 3.05) is 25.4 Å². The molecule has 2 aliphatic heterocycles. The summed E-state index contributed by atoms with van der Waals surface area (Å²) in [6.07, 6.45) is 1.04. The highest BCUT2D eigenvalue weighted by molar-refractivity contribution is 7.89. The summed E-state index contributed by atoms with van der Waals surface area (Å²) in [5, 5.41) is 0. The second kappa shape index (κ2) is 6.52. The highest BCUT2D eigenvalue weighted by Gasteiger charge is 2.49. The molecule has 2 heterocycles. The summed E-state index contributed by atoms with van der Waals surface area (Å²) in [7, 11) is -3.41. The zero-order valence-electron chi connectivity index (χ0n) is 13.1. The van der Waals surface area contributed by atoms with Crippen LogP contribution in [0.5, 0.6) is 0 Å². The van der Waals surface area contributed by atoms with Crippen LogP contribution in [0.1, 0.15) is 5.56 Å². The molecule has 1 amide bonds. The summed E-state index contributed by atoms with van der Waals surface area (Å²) >= 11 is 0. The highest BCUT2D eigenvalue weighted by Crippen LogP contribution is 2.28. The van der Waals surface area contributed by atoms with Crippen molar-refractivity contribution in [2.24, 2.45) is 0 Å². The average molecular weight is 354 g/mol. The van der Waals surface area contributed by atoms with Gasteiger partial charge < -0.3 is 4.74 Å². The Hall–Kier alpha value is -1.93. The zero-order valence-corrected chi connectivity index (χ0v) is 13.9. The standard InChI is InChI=1S/C16H19FN2O4S/c1-2-9-24(21,22)18-10-14-15(11-18)23-16(20)19(14)8-7-12-3-5-13(17)6-4-12/h2-6,14-15H,1,7-11H2/t14-,15+/m0/s1. The summed E-state index contributed by atoms with van der Waals surface area (Å²) in [6, 6.07) is 5.81. The molecule has 8 heteroatoms. The quantitative estimate of drug-likeness (QED) is 0.724. The number of carbonyl (C=O) groups is 1. The number of nitrogens with zero attached hydrogens (tertiary/aromatic N) is 2. The van der Waals surface area contributed by atoms with Gasteiger partial charge in [0.1, 0.15) is 11.9 Å². The lowest BCUT2D eigenvalue weighted by molar-refractivity contribution is 0.129. The summed E-state index contributed by atoms with van der Waals surface area (Å²) in [5.74, 6) is -0.436. The number of hydrogen-bond donors (Lipinski definition) is 0. The van der Waals surface area contributed by atoms with Crippen LogP contribution in [-0.2, 0) is 21.2 Å². The van der Waals surface area contributed by atoms with E-state index in [4.69, 9.17) is 4.74 Å². The molecule has 2 saturated heterocycles. The van der Waals surface area contributed by atoms with Gasteiger partial charge in [-0.25, -0.2) is 17.6 Å². The highest BCUT2D eigenvalue weighted by atomic mass is 32.2. The van der Waals surface area contributed by atoms with Crippen LogP contribution in [0.15, 0.2) is 36.9 Å². The lowest BCUT2D eigenvalue weighted by atomic mass is 10.1. The third-order valence-electron chi connectivity index (χ3n) is 4.37. The smallest absolute Gasteiger partial charge is 0.410 e. The minimum absolute atomic E-state index is 0.129. The topological polar surface area (TPSA) is 66.9 Å². The first kappa shape index (κ1) is 16.9. The maximum Gasteiger partial charge on any atom is 0.410 e. The number of rotatable bonds is 6. The second-order valence-corrected chi connectivity index (χ2v) is 7.96. The van der Waals surface area contributed by atoms with Gasteiger partial charge in [0.15, 0.2) is 0 Å². The molecule has 2 aliphatic rings. The Morgan fingerprint density at radius 3 is 2.67 bits per heavy atom. The van der Waals surface area contributed by atoms with Crippen molar-refractivity contribution in [3.63, 3.8) is 0 Å². The average Bonchev–Trinajstić information content (AvgIpc) is 3.05. The molecule has 130 valence electrons. The zero-order chi connectivity index (χ0) is 17.3. The van der Waals surface area contributed by atoms with Gasteiger partial charge >= 0.3 is 6.09 Å². The van der Waals surface area contributed by atoms with E-state index in [1.165, 1.54) is 22.5 Å². The maximum absolute atomic E-state index is 12.9. The van der Waals surface area contributed by atoms with Crippen LogP contribution in [0, 0.1) is 5.82 Å². The number of amides is 1. The molecule has 0 bridgehead atoms. The van der Waals surface area contributed by atoms with Crippen molar-refractivity contribution in [1.29, 1.82) is 0 Å². The number of halogens is 1. The van der Waals surface area contributed by atoms with E-state index in [1.807, 2.05) is 0 Å². The van der Waals surface area contributed by atoms with E-state index >= 15 is 0 Å².